The second-order valence-corrected chi connectivity index (χ2v) is 10.3. The molecular formula is C23H17Cl2FN2O5S. The van der Waals surface area contributed by atoms with Gasteiger partial charge in [0, 0.05) is 22.2 Å². The number of sulfonamides is 1. The molecule has 176 valence electrons. The Morgan fingerprint density at radius 3 is 2.41 bits per heavy atom. The first-order valence-corrected chi connectivity index (χ1v) is 12.2. The molecule has 0 atom stereocenters. The fraction of sp³-hybridized carbons (Fsp3) is 0.130. The largest absolute Gasteiger partial charge is 0.478 e. The third-order valence-electron chi connectivity index (χ3n) is 5.32. The highest BCUT2D eigenvalue weighted by molar-refractivity contribution is 7.92. The van der Waals surface area contributed by atoms with Crippen molar-refractivity contribution in [3.8, 4) is 0 Å². The molecule has 0 spiro atoms. The number of fused-ring (bicyclic) bond motifs is 1. The Balaban J connectivity index is 1.70. The highest BCUT2D eigenvalue weighted by Gasteiger charge is 2.30. The minimum atomic E-state index is -4.04. The number of aromatic carboxylic acids is 1. The number of aryl methyl sites for hydroxylation is 1. The fourth-order valence-electron chi connectivity index (χ4n) is 3.72. The van der Waals surface area contributed by atoms with Gasteiger partial charge in [-0.05, 0) is 60.9 Å². The molecule has 11 heteroatoms. The first-order chi connectivity index (χ1) is 16.1. The summed E-state index contributed by atoms with van der Waals surface area (Å²) in [5.74, 6) is -3.27. The predicted octanol–water partition coefficient (Wildman–Crippen LogP) is 5.22. The van der Waals surface area contributed by atoms with Crippen molar-refractivity contribution in [3.63, 3.8) is 0 Å². The fourth-order valence-corrected chi connectivity index (χ4v) is 5.98. The summed E-state index contributed by atoms with van der Waals surface area (Å²) in [7, 11) is -4.04. The second-order valence-electron chi connectivity index (χ2n) is 7.56. The van der Waals surface area contributed by atoms with Gasteiger partial charge < -0.3 is 10.4 Å². The number of hydrogen-bond acceptors (Lipinski definition) is 4. The Hall–Kier alpha value is -3.14. The minimum Gasteiger partial charge on any atom is -0.478 e. The number of amides is 1. The molecule has 34 heavy (non-hydrogen) atoms. The standard InChI is InChI=1S/C23H17Cl2FN2O5S/c24-15-10-16(25)12-17(11-15)34(32,33)28-8-2-3-13-6-7-14(9-20(13)28)22(29)27-19-5-1-4-18(21(19)26)23(30)31/h1,4-7,9-12H,2-3,8H2,(H,27,29)(H,30,31). The number of rotatable bonds is 5. The summed E-state index contributed by atoms with van der Waals surface area (Å²) >= 11 is 12.0. The summed E-state index contributed by atoms with van der Waals surface area (Å²) in [6.45, 7) is 0.180. The molecule has 2 N–H and O–H groups in total. The van der Waals surface area contributed by atoms with E-state index in [0.717, 1.165) is 11.6 Å². The number of carbonyl (C=O) groups excluding carboxylic acids is 1. The molecule has 1 amide bonds. The lowest BCUT2D eigenvalue weighted by molar-refractivity contribution is 0.0691. The van der Waals surface area contributed by atoms with Gasteiger partial charge in [0.2, 0.25) is 0 Å². The van der Waals surface area contributed by atoms with Crippen molar-refractivity contribution in [1.82, 2.24) is 0 Å². The van der Waals surface area contributed by atoms with Crippen molar-refractivity contribution in [2.24, 2.45) is 0 Å². The molecule has 0 aromatic heterocycles. The van der Waals surface area contributed by atoms with E-state index in [1.807, 2.05) is 0 Å². The molecule has 0 radical (unpaired) electrons. The molecular weight excluding hydrogens is 506 g/mol. The molecule has 0 saturated carbocycles. The number of benzene rings is 3. The van der Waals surface area contributed by atoms with Gasteiger partial charge in [0.1, 0.15) is 0 Å². The third-order valence-corrected chi connectivity index (χ3v) is 7.55. The quantitative estimate of drug-likeness (QED) is 0.477. The van der Waals surface area contributed by atoms with Crippen LogP contribution in [0.3, 0.4) is 0 Å². The zero-order chi connectivity index (χ0) is 24.6. The second kappa shape index (κ2) is 9.25. The van der Waals surface area contributed by atoms with Crippen LogP contribution in [0, 0.1) is 5.82 Å². The summed E-state index contributed by atoms with van der Waals surface area (Å²) < 4.78 is 42.4. The maximum atomic E-state index is 14.4. The Bertz CT molecular complexity index is 1410. The molecule has 0 bridgehead atoms. The van der Waals surface area contributed by atoms with E-state index in [-0.39, 0.29) is 32.7 Å². The van der Waals surface area contributed by atoms with E-state index < -0.39 is 33.3 Å². The summed E-state index contributed by atoms with van der Waals surface area (Å²) in [6, 6.07) is 12.2. The Kier molecular flexibility index (Phi) is 6.53. The van der Waals surface area contributed by atoms with E-state index in [1.54, 1.807) is 6.07 Å². The lowest BCUT2D eigenvalue weighted by Gasteiger charge is -2.31. The van der Waals surface area contributed by atoms with Gasteiger partial charge in [-0.15, -0.1) is 0 Å². The van der Waals surface area contributed by atoms with Crippen LogP contribution < -0.4 is 9.62 Å². The Morgan fingerprint density at radius 1 is 1.03 bits per heavy atom. The van der Waals surface area contributed by atoms with E-state index in [0.29, 0.717) is 18.5 Å². The van der Waals surface area contributed by atoms with Crippen LogP contribution in [0.4, 0.5) is 15.8 Å². The van der Waals surface area contributed by atoms with Crippen molar-refractivity contribution in [1.29, 1.82) is 0 Å². The van der Waals surface area contributed by atoms with E-state index in [2.05, 4.69) is 5.32 Å². The summed E-state index contributed by atoms with van der Waals surface area (Å²) in [5.41, 5.74) is 0.222. The normalized spacial score (nSPS) is 13.3. The number of anilines is 2. The van der Waals surface area contributed by atoms with E-state index in [4.69, 9.17) is 28.3 Å². The highest BCUT2D eigenvalue weighted by atomic mass is 35.5. The van der Waals surface area contributed by atoms with Gasteiger partial charge >= 0.3 is 5.97 Å². The van der Waals surface area contributed by atoms with Crippen LogP contribution in [0.2, 0.25) is 10.0 Å². The number of nitrogens with zero attached hydrogens (tertiary/aromatic N) is 1. The monoisotopic (exact) mass is 522 g/mol. The highest BCUT2D eigenvalue weighted by Crippen LogP contribution is 2.34. The minimum absolute atomic E-state index is 0.0742. The van der Waals surface area contributed by atoms with Crippen molar-refractivity contribution >= 4 is 56.5 Å². The zero-order valence-corrected chi connectivity index (χ0v) is 19.7. The van der Waals surface area contributed by atoms with Crippen LogP contribution in [0.1, 0.15) is 32.7 Å². The van der Waals surface area contributed by atoms with Gasteiger partial charge in [-0.3, -0.25) is 9.10 Å². The summed E-state index contributed by atoms with van der Waals surface area (Å²) in [4.78, 5) is 23.9. The number of carboxylic acid groups (broad SMARTS) is 1. The molecule has 0 fully saturated rings. The molecule has 1 aliphatic rings. The maximum absolute atomic E-state index is 14.4. The molecule has 0 saturated heterocycles. The van der Waals surface area contributed by atoms with Gasteiger partial charge in [-0.1, -0.05) is 35.3 Å². The summed E-state index contributed by atoms with van der Waals surface area (Å²) in [5, 5.41) is 11.8. The number of carboxylic acids is 1. The van der Waals surface area contributed by atoms with Crippen LogP contribution in [-0.4, -0.2) is 31.9 Å². The molecule has 0 unspecified atom stereocenters. The molecule has 1 heterocycles. The maximum Gasteiger partial charge on any atom is 0.338 e. The van der Waals surface area contributed by atoms with Crippen LogP contribution in [0.25, 0.3) is 0 Å². The van der Waals surface area contributed by atoms with Gasteiger partial charge in [0.05, 0.1) is 21.8 Å². The average molecular weight is 523 g/mol. The first-order valence-electron chi connectivity index (χ1n) is 10.0. The van der Waals surface area contributed by atoms with Gasteiger partial charge in [0.15, 0.2) is 5.82 Å². The lowest BCUT2D eigenvalue weighted by Crippen LogP contribution is -2.35. The number of nitrogens with one attached hydrogen (secondary N) is 1. The van der Waals surface area contributed by atoms with Crippen LogP contribution in [0.5, 0.6) is 0 Å². The van der Waals surface area contributed by atoms with Crippen molar-refractivity contribution in [2.75, 3.05) is 16.2 Å². The topological polar surface area (TPSA) is 104 Å². The third kappa shape index (κ3) is 4.59. The van der Waals surface area contributed by atoms with E-state index in [9.17, 15) is 22.4 Å². The van der Waals surface area contributed by atoms with Crippen LogP contribution >= 0.6 is 23.2 Å². The molecule has 7 nitrogen and oxygen atoms in total. The van der Waals surface area contributed by atoms with E-state index in [1.165, 1.54) is 46.8 Å². The molecule has 1 aliphatic heterocycles. The average Bonchev–Trinajstić information content (AvgIpc) is 2.78. The number of carbonyl (C=O) groups is 2. The van der Waals surface area contributed by atoms with Crippen LogP contribution in [0.15, 0.2) is 59.5 Å². The van der Waals surface area contributed by atoms with Gasteiger partial charge in [0.25, 0.3) is 15.9 Å². The van der Waals surface area contributed by atoms with E-state index >= 15 is 0 Å². The van der Waals surface area contributed by atoms with Crippen molar-refractivity contribution in [3.05, 3.63) is 87.2 Å². The van der Waals surface area contributed by atoms with Crippen LogP contribution in [-0.2, 0) is 16.4 Å². The number of halogens is 3. The Labute approximate surface area is 204 Å². The predicted molar refractivity (Wildman–Crippen MR) is 127 cm³/mol. The van der Waals surface area contributed by atoms with Crippen molar-refractivity contribution in [2.45, 2.75) is 17.7 Å². The van der Waals surface area contributed by atoms with Gasteiger partial charge in [-0.25, -0.2) is 17.6 Å². The molecule has 3 aromatic rings. The molecule has 3 aromatic carbocycles. The van der Waals surface area contributed by atoms with Gasteiger partial charge in [-0.2, -0.15) is 0 Å². The first kappa shape index (κ1) is 24.0. The van der Waals surface area contributed by atoms with Crippen molar-refractivity contribution < 1.29 is 27.5 Å². The Morgan fingerprint density at radius 2 is 1.74 bits per heavy atom. The molecule has 4 rings (SSSR count). The molecule has 0 aliphatic carbocycles. The summed E-state index contributed by atoms with van der Waals surface area (Å²) in [6.07, 6.45) is 1.17. The smallest absolute Gasteiger partial charge is 0.338 e. The zero-order valence-electron chi connectivity index (χ0n) is 17.4. The number of hydrogen-bond donors (Lipinski definition) is 2. The SMILES string of the molecule is O=C(Nc1cccc(C(=O)O)c1F)c1ccc2c(c1)N(S(=O)(=O)c1cc(Cl)cc(Cl)c1)CCC2. The lowest BCUT2D eigenvalue weighted by atomic mass is 10.0.